The van der Waals surface area contributed by atoms with E-state index in [1.165, 1.54) is 7.11 Å². The summed E-state index contributed by atoms with van der Waals surface area (Å²) in [5.74, 6) is -1.65. The summed E-state index contributed by atoms with van der Waals surface area (Å²) in [6.07, 6.45) is 0.593. The molecule has 174 valence electrons. The maximum absolute atomic E-state index is 12.6. The zero-order valence-corrected chi connectivity index (χ0v) is 18.6. The average molecular weight is 440 g/mol. The van der Waals surface area contributed by atoms with Crippen molar-refractivity contribution in [1.29, 1.82) is 0 Å². The lowest BCUT2D eigenvalue weighted by Gasteiger charge is -2.22. The minimum absolute atomic E-state index is 0.0902. The number of hydrogen-bond acceptors (Lipinski definition) is 8. The van der Waals surface area contributed by atoms with Crippen LogP contribution in [0.3, 0.4) is 0 Å². The first-order chi connectivity index (χ1) is 14.6. The molecule has 1 fully saturated rings. The number of methoxy groups -OCH3 is 1. The topological polar surface area (TPSA) is 148 Å². The lowest BCUT2D eigenvalue weighted by atomic mass is 9.93. The van der Waals surface area contributed by atoms with Crippen molar-refractivity contribution < 1.29 is 33.5 Å². The van der Waals surface area contributed by atoms with Crippen molar-refractivity contribution in [2.45, 2.75) is 64.3 Å². The van der Waals surface area contributed by atoms with Gasteiger partial charge in [-0.05, 0) is 26.2 Å². The van der Waals surface area contributed by atoms with E-state index < -0.39 is 35.4 Å². The fourth-order valence-corrected chi connectivity index (χ4v) is 3.08. The number of nitrogens with zero attached hydrogens (tertiary/aromatic N) is 1. The van der Waals surface area contributed by atoms with Crippen LogP contribution in [0.2, 0.25) is 0 Å². The van der Waals surface area contributed by atoms with E-state index in [-0.39, 0.29) is 36.7 Å². The molecule has 0 aliphatic carbocycles. The highest BCUT2D eigenvalue weighted by atomic mass is 16.6. The van der Waals surface area contributed by atoms with Crippen LogP contribution in [0, 0.1) is 5.92 Å². The van der Waals surface area contributed by atoms with Crippen molar-refractivity contribution in [3.05, 3.63) is 0 Å². The molecule has 2 aliphatic heterocycles. The molecule has 4 unspecified atom stereocenters. The number of amides is 3. The summed E-state index contributed by atoms with van der Waals surface area (Å²) in [4.78, 5) is 54.7. The van der Waals surface area contributed by atoms with Gasteiger partial charge in [-0.1, -0.05) is 19.0 Å². The Hall–Kier alpha value is -2.53. The molecule has 3 N–H and O–H groups in total. The minimum atomic E-state index is -1.02. The first kappa shape index (κ1) is 24.7. The maximum Gasteiger partial charge on any atom is 0.269 e. The third kappa shape index (κ3) is 7.28. The van der Waals surface area contributed by atoms with Crippen molar-refractivity contribution in [2.75, 3.05) is 26.9 Å². The quantitative estimate of drug-likeness (QED) is 0.340. The standard InChI is InChI=1S/C20H32N4O7/c1-11(2)6-13(17(26)20(4)10-30-20)22-16(25)8-21-18(27)15(9-29-5)23-19(28)14-7-12(3)31-24-14/h11-13,15H,6-10H2,1-5H3,(H,21,27)(H,22,25)(H,23,28). The summed E-state index contributed by atoms with van der Waals surface area (Å²) in [6, 6.07) is -1.72. The molecule has 2 rings (SSSR count). The predicted molar refractivity (Wildman–Crippen MR) is 110 cm³/mol. The van der Waals surface area contributed by atoms with Gasteiger partial charge in [0.15, 0.2) is 5.78 Å². The van der Waals surface area contributed by atoms with Crippen LogP contribution < -0.4 is 16.0 Å². The lowest BCUT2D eigenvalue weighted by molar-refractivity contribution is -0.132. The average Bonchev–Trinajstić information content (AvgIpc) is 3.30. The van der Waals surface area contributed by atoms with Crippen LogP contribution in [0.15, 0.2) is 5.16 Å². The Labute approximate surface area is 181 Å². The number of ether oxygens (including phenoxy) is 2. The SMILES string of the molecule is COCC(NC(=O)C1=NOC(C)C1)C(=O)NCC(=O)NC(CC(C)C)C(=O)C1(C)CO1. The van der Waals surface area contributed by atoms with Gasteiger partial charge in [-0.25, -0.2) is 0 Å². The van der Waals surface area contributed by atoms with Gasteiger partial charge in [-0.3, -0.25) is 19.2 Å². The monoisotopic (exact) mass is 440 g/mol. The molecule has 0 aromatic carbocycles. The van der Waals surface area contributed by atoms with E-state index in [1.54, 1.807) is 13.8 Å². The zero-order valence-electron chi connectivity index (χ0n) is 18.6. The van der Waals surface area contributed by atoms with Crippen LogP contribution in [-0.4, -0.2) is 79.9 Å². The largest absolute Gasteiger partial charge is 0.392 e. The molecule has 3 amide bonds. The molecule has 1 saturated heterocycles. The number of oxime groups is 1. The van der Waals surface area contributed by atoms with Crippen molar-refractivity contribution in [3.63, 3.8) is 0 Å². The maximum atomic E-state index is 12.6. The van der Waals surface area contributed by atoms with Crippen LogP contribution in [0.4, 0.5) is 0 Å². The number of Topliss-reactive ketones (excluding diaryl/α,β-unsaturated/α-hetero) is 1. The summed E-state index contributed by atoms with van der Waals surface area (Å²) < 4.78 is 10.2. The molecule has 4 atom stereocenters. The van der Waals surface area contributed by atoms with Crippen LogP contribution >= 0.6 is 0 Å². The summed E-state index contributed by atoms with van der Waals surface area (Å²) in [5.41, 5.74) is -0.668. The fourth-order valence-electron chi connectivity index (χ4n) is 3.08. The smallest absolute Gasteiger partial charge is 0.269 e. The second-order valence-electron chi connectivity index (χ2n) is 8.49. The second kappa shape index (κ2) is 10.7. The van der Waals surface area contributed by atoms with E-state index in [0.29, 0.717) is 19.4 Å². The van der Waals surface area contributed by atoms with Crippen molar-refractivity contribution >= 4 is 29.2 Å². The van der Waals surface area contributed by atoms with Crippen LogP contribution in [0.5, 0.6) is 0 Å². The fraction of sp³-hybridized carbons (Fsp3) is 0.750. The first-order valence-electron chi connectivity index (χ1n) is 10.3. The van der Waals surface area contributed by atoms with Crippen molar-refractivity contribution in [1.82, 2.24) is 16.0 Å². The zero-order chi connectivity index (χ0) is 23.2. The van der Waals surface area contributed by atoms with E-state index in [4.69, 9.17) is 14.3 Å². The summed E-state index contributed by atoms with van der Waals surface area (Å²) in [5, 5.41) is 11.4. The summed E-state index contributed by atoms with van der Waals surface area (Å²) in [6.45, 7) is 7.25. The lowest BCUT2D eigenvalue weighted by Crippen LogP contribution is -2.54. The molecule has 0 spiro atoms. The number of rotatable bonds is 12. The Bertz CT molecular complexity index is 733. The number of carbonyl (C=O) groups is 4. The van der Waals surface area contributed by atoms with Gasteiger partial charge in [0.25, 0.3) is 5.91 Å². The molecule has 31 heavy (non-hydrogen) atoms. The van der Waals surface area contributed by atoms with E-state index >= 15 is 0 Å². The number of ketones is 1. The van der Waals surface area contributed by atoms with Crippen LogP contribution in [0.25, 0.3) is 0 Å². The molecule has 0 bridgehead atoms. The molecule has 0 aromatic heterocycles. The second-order valence-corrected chi connectivity index (χ2v) is 8.49. The molecule has 11 heteroatoms. The molecule has 2 heterocycles. The first-order valence-corrected chi connectivity index (χ1v) is 10.3. The van der Waals surface area contributed by atoms with Crippen LogP contribution in [-0.2, 0) is 33.5 Å². The number of carbonyl (C=O) groups excluding carboxylic acids is 4. The Morgan fingerprint density at radius 1 is 1.23 bits per heavy atom. The van der Waals surface area contributed by atoms with Crippen molar-refractivity contribution in [2.24, 2.45) is 11.1 Å². The molecule has 2 aliphatic rings. The predicted octanol–water partition coefficient (Wildman–Crippen LogP) is -0.712. The molecule has 0 saturated carbocycles. The highest BCUT2D eigenvalue weighted by Crippen LogP contribution is 2.29. The summed E-state index contributed by atoms with van der Waals surface area (Å²) in [7, 11) is 1.39. The van der Waals surface area contributed by atoms with Gasteiger partial charge < -0.3 is 30.3 Å². The molecular formula is C20H32N4O7. The van der Waals surface area contributed by atoms with Crippen LogP contribution in [0.1, 0.15) is 40.5 Å². The Morgan fingerprint density at radius 3 is 2.42 bits per heavy atom. The van der Waals surface area contributed by atoms with Gasteiger partial charge in [0, 0.05) is 13.5 Å². The van der Waals surface area contributed by atoms with Gasteiger partial charge in [-0.2, -0.15) is 0 Å². The van der Waals surface area contributed by atoms with E-state index in [2.05, 4.69) is 21.1 Å². The number of hydrogen-bond donors (Lipinski definition) is 3. The normalized spacial score (nSPS) is 23.9. The van der Waals surface area contributed by atoms with Crippen molar-refractivity contribution in [3.8, 4) is 0 Å². The third-order valence-corrected chi connectivity index (χ3v) is 4.92. The Balaban J connectivity index is 1.87. The number of epoxide rings is 1. The molecule has 11 nitrogen and oxygen atoms in total. The molecular weight excluding hydrogens is 408 g/mol. The van der Waals surface area contributed by atoms with E-state index in [1.807, 2.05) is 13.8 Å². The Morgan fingerprint density at radius 2 is 1.90 bits per heavy atom. The number of nitrogens with one attached hydrogen (secondary N) is 3. The minimum Gasteiger partial charge on any atom is -0.392 e. The molecule has 0 radical (unpaired) electrons. The van der Waals surface area contributed by atoms with Gasteiger partial charge in [0.2, 0.25) is 11.8 Å². The van der Waals surface area contributed by atoms with E-state index in [0.717, 1.165) is 0 Å². The van der Waals surface area contributed by atoms with E-state index in [9.17, 15) is 19.2 Å². The van der Waals surface area contributed by atoms with Gasteiger partial charge in [0.05, 0.1) is 25.8 Å². The van der Waals surface area contributed by atoms with Gasteiger partial charge in [0.1, 0.15) is 23.5 Å². The highest BCUT2D eigenvalue weighted by molar-refractivity contribution is 6.39. The Kier molecular flexibility index (Phi) is 8.52. The summed E-state index contributed by atoms with van der Waals surface area (Å²) >= 11 is 0. The van der Waals surface area contributed by atoms with Gasteiger partial charge >= 0.3 is 0 Å². The highest BCUT2D eigenvalue weighted by Gasteiger charge is 2.50. The third-order valence-electron chi connectivity index (χ3n) is 4.92. The van der Waals surface area contributed by atoms with Gasteiger partial charge in [-0.15, -0.1) is 0 Å². The molecule has 0 aromatic rings.